The summed E-state index contributed by atoms with van der Waals surface area (Å²) >= 11 is 2.02. The Kier molecular flexibility index (Phi) is 7.80. The zero-order chi connectivity index (χ0) is 9.40. The van der Waals surface area contributed by atoms with Gasteiger partial charge < -0.3 is 4.74 Å². The summed E-state index contributed by atoms with van der Waals surface area (Å²) in [6.45, 7) is 4.87. The summed E-state index contributed by atoms with van der Waals surface area (Å²) in [6.07, 6.45) is 3.93. The van der Waals surface area contributed by atoms with Crippen LogP contribution < -0.4 is 0 Å². The van der Waals surface area contributed by atoms with Gasteiger partial charge in [0.15, 0.2) is 5.78 Å². The lowest BCUT2D eigenvalue weighted by Gasteiger charge is -2.00. The Labute approximate surface area is 87.5 Å². The number of ketones is 1. The summed E-state index contributed by atoms with van der Waals surface area (Å²) in [5, 5.41) is 0. The molecule has 0 heterocycles. The van der Waals surface area contributed by atoms with Crippen LogP contribution >= 0.6 is 22.6 Å². The maximum absolute atomic E-state index is 11.1. The minimum absolute atomic E-state index is 0.0780. The number of carbonyl (C=O) groups excluding carboxylic acids is 1. The van der Waals surface area contributed by atoms with Crippen LogP contribution in [0.2, 0.25) is 0 Å². The first kappa shape index (κ1) is 12.1. The molecule has 0 rings (SSSR count). The fourth-order valence-corrected chi connectivity index (χ4v) is 0.797. The average Bonchev–Trinajstić information content (AvgIpc) is 2.10. The highest BCUT2D eigenvalue weighted by molar-refractivity contribution is 14.1. The van der Waals surface area contributed by atoms with E-state index in [1.165, 1.54) is 0 Å². The molecule has 0 aromatic rings. The maximum Gasteiger partial charge on any atom is 0.194 e. The average molecular weight is 282 g/mol. The molecule has 0 unspecified atom stereocenters. The summed E-state index contributed by atoms with van der Waals surface area (Å²) in [5.41, 5.74) is 0. The molecule has 0 aromatic heterocycles. The number of halogens is 1. The molecule has 0 spiro atoms. The molecule has 0 N–H and O–H groups in total. The fraction of sp³-hybridized carbons (Fsp3) is 0.667. The minimum atomic E-state index is 0.0780. The van der Waals surface area contributed by atoms with Crippen LogP contribution in [0.3, 0.4) is 0 Å². The summed E-state index contributed by atoms with van der Waals surface area (Å²) < 4.78 is 5.92. The lowest BCUT2D eigenvalue weighted by Crippen LogP contribution is -2.08. The van der Waals surface area contributed by atoms with Gasteiger partial charge in [0.25, 0.3) is 0 Å². The molecule has 0 aliphatic carbocycles. The minimum Gasteiger partial charge on any atom is -0.373 e. The molecule has 70 valence electrons. The van der Waals surface area contributed by atoms with Crippen molar-refractivity contribution >= 4 is 28.4 Å². The van der Waals surface area contributed by atoms with Gasteiger partial charge in [-0.2, -0.15) is 0 Å². The third-order valence-corrected chi connectivity index (χ3v) is 2.62. The first-order valence-corrected chi connectivity index (χ1v) is 5.23. The van der Waals surface area contributed by atoms with Crippen molar-refractivity contribution in [1.29, 1.82) is 0 Å². The quantitative estimate of drug-likeness (QED) is 0.425. The topological polar surface area (TPSA) is 26.3 Å². The van der Waals surface area contributed by atoms with Crippen molar-refractivity contribution in [3.8, 4) is 0 Å². The van der Waals surface area contributed by atoms with E-state index in [1.54, 1.807) is 6.08 Å². The van der Waals surface area contributed by atoms with Crippen molar-refractivity contribution in [2.75, 3.05) is 13.2 Å². The van der Waals surface area contributed by atoms with E-state index in [1.807, 2.05) is 29.5 Å². The van der Waals surface area contributed by atoms with E-state index in [4.69, 9.17) is 4.74 Å². The molecule has 3 heteroatoms. The van der Waals surface area contributed by atoms with Crippen LogP contribution in [0.1, 0.15) is 26.7 Å². The van der Waals surface area contributed by atoms with Gasteiger partial charge in [0.1, 0.15) is 6.61 Å². The second-order valence-corrected chi connectivity index (χ2v) is 3.63. The van der Waals surface area contributed by atoms with E-state index in [9.17, 15) is 4.79 Å². The summed E-state index contributed by atoms with van der Waals surface area (Å²) in [7, 11) is 0. The number of unbranched alkanes of at least 4 members (excludes halogenated alkanes) is 1. The molecule has 0 saturated carbocycles. The third kappa shape index (κ3) is 5.71. The summed E-state index contributed by atoms with van der Waals surface area (Å²) in [5.74, 6) is 0.0780. The number of hydrogen-bond donors (Lipinski definition) is 0. The van der Waals surface area contributed by atoms with Crippen molar-refractivity contribution in [3.63, 3.8) is 0 Å². The maximum atomic E-state index is 11.1. The van der Waals surface area contributed by atoms with Crippen LogP contribution in [0, 0.1) is 0 Å². The molecule has 0 fully saturated rings. The number of allylic oxidation sites excluding steroid dienone is 1. The third-order valence-electron chi connectivity index (χ3n) is 1.40. The molecule has 0 atom stereocenters. The van der Waals surface area contributed by atoms with Gasteiger partial charge in [-0.1, -0.05) is 19.4 Å². The van der Waals surface area contributed by atoms with Gasteiger partial charge in [0.05, 0.1) is 3.58 Å². The Morgan fingerprint density at radius 3 is 2.75 bits per heavy atom. The van der Waals surface area contributed by atoms with E-state index < -0.39 is 0 Å². The normalized spacial score (nSPS) is 11.8. The standard InChI is InChI=1S/C9H15IO2/c1-3-5-6-12-7-9(11)8(10)4-2/h4H,3,5-7H2,1-2H3/b8-4-. The Morgan fingerprint density at radius 1 is 1.58 bits per heavy atom. The van der Waals surface area contributed by atoms with Gasteiger partial charge in [-0.25, -0.2) is 0 Å². The molecular weight excluding hydrogens is 267 g/mol. The Morgan fingerprint density at radius 2 is 2.25 bits per heavy atom. The second kappa shape index (κ2) is 7.73. The lowest BCUT2D eigenvalue weighted by atomic mass is 10.3. The number of Topliss-reactive ketones (excluding diaryl/α,β-unsaturated/α-hetero) is 1. The SMILES string of the molecule is C/C=C(\I)C(=O)COCCCC. The van der Waals surface area contributed by atoms with Gasteiger partial charge in [-0.3, -0.25) is 4.79 Å². The Bertz CT molecular complexity index is 164. The summed E-state index contributed by atoms with van der Waals surface area (Å²) in [4.78, 5) is 11.1. The second-order valence-electron chi connectivity index (χ2n) is 2.47. The highest BCUT2D eigenvalue weighted by Gasteiger charge is 2.03. The molecule has 0 aromatic carbocycles. The smallest absolute Gasteiger partial charge is 0.194 e. The van der Waals surface area contributed by atoms with Crippen molar-refractivity contribution in [1.82, 2.24) is 0 Å². The molecule has 0 amide bonds. The molecule has 2 nitrogen and oxygen atoms in total. The molecule has 0 bridgehead atoms. The van der Waals surface area contributed by atoms with E-state index in [0.29, 0.717) is 6.61 Å². The molecule has 0 radical (unpaired) electrons. The predicted octanol–water partition coefficient (Wildman–Crippen LogP) is 2.71. The number of rotatable bonds is 6. The Hall–Kier alpha value is 0.1000. The zero-order valence-electron chi connectivity index (χ0n) is 7.60. The first-order chi connectivity index (χ1) is 5.72. The zero-order valence-corrected chi connectivity index (χ0v) is 9.76. The van der Waals surface area contributed by atoms with Gasteiger partial charge in [-0.15, -0.1) is 0 Å². The van der Waals surface area contributed by atoms with Gasteiger partial charge in [0.2, 0.25) is 0 Å². The van der Waals surface area contributed by atoms with E-state index in [0.717, 1.165) is 16.4 Å². The van der Waals surface area contributed by atoms with Crippen molar-refractivity contribution in [3.05, 3.63) is 9.66 Å². The lowest BCUT2D eigenvalue weighted by molar-refractivity contribution is -0.119. The van der Waals surface area contributed by atoms with Gasteiger partial charge in [-0.05, 0) is 35.9 Å². The van der Waals surface area contributed by atoms with Crippen LogP contribution in [0.5, 0.6) is 0 Å². The Balaban J connectivity index is 3.45. The number of hydrogen-bond acceptors (Lipinski definition) is 2. The molecule has 0 saturated heterocycles. The van der Waals surface area contributed by atoms with Crippen LogP contribution in [0.25, 0.3) is 0 Å². The largest absolute Gasteiger partial charge is 0.373 e. The first-order valence-electron chi connectivity index (χ1n) is 4.15. The highest BCUT2D eigenvalue weighted by atomic mass is 127. The van der Waals surface area contributed by atoms with Crippen molar-refractivity contribution in [2.45, 2.75) is 26.7 Å². The number of carbonyl (C=O) groups is 1. The van der Waals surface area contributed by atoms with Crippen LogP contribution in [-0.2, 0) is 9.53 Å². The molecule has 0 aliphatic rings. The predicted molar refractivity (Wildman–Crippen MR) is 58.5 cm³/mol. The number of ether oxygens (including phenoxy) is 1. The highest BCUT2D eigenvalue weighted by Crippen LogP contribution is 2.06. The molecular formula is C9H15IO2. The van der Waals surface area contributed by atoms with E-state index in [2.05, 4.69) is 6.92 Å². The van der Waals surface area contributed by atoms with E-state index in [-0.39, 0.29) is 12.4 Å². The van der Waals surface area contributed by atoms with E-state index >= 15 is 0 Å². The van der Waals surface area contributed by atoms with Crippen LogP contribution in [0.15, 0.2) is 9.66 Å². The summed E-state index contributed by atoms with van der Waals surface area (Å²) in [6, 6.07) is 0. The monoisotopic (exact) mass is 282 g/mol. The van der Waals surface area contributed by atoms with Crippen LogP contribution in [0.4, 0.5) is 0 Å². The van der Waals surface area contributed by atoms with Gasteiger partial charge in [0, 0.05) is 6.61 Å². The van der Waals surface area contributed by atoms with Crippen LogP contribution in [-0.4, -0.2) is 19.0 Å². The molecule has 12 heavy (non-hydrogen) atoms. The fourth-order valence-electron chi connectivity index (χ4n) is 0.641. The van der Waals surface area contributed by atoms with Crippen molar-refractivity contribution < 1.29 is 9.53 Å². The van der Waals surface area contributed by atoms with Crippen molar-refractivity contribution in [2.24, 2.45) is 0 Å². The molecule has 0 aliphatic heterocycles. The van der Waals surface area contributed by atoms with Gasteiger partial charge >= 0.3 is 0 Å².